The van der Waals surface area contributed by atoms with Crippen molar-refractivity contribution in [1.29, 1.82) is 0 Å². The van der Waals surface area contributed by atoms with Gasteiger partial charge in [0.2, 0.25) is 5.91 Å². The van der Waals surface area contributed by atoms with Crippen molar-refractivity contribution in [2.24, 2.45) is 29.6 Å². The third kappa shape index (κ3) is 2.75. The average Bonchev–Trinajstić information content (AvgIpc) is 2.51. The summed E-state index contributed by atoms with van der Waals surface area (Å²) in [6.07, 6.45) is 7.85. The van der Waals surface area contributed by atoms with E-state index in [4.69, 9.17) is 23.2 Å². The Labute approximate surface area is 153 Å². The highest BCUT2D eigenvalue weighted by Crippen LogP contribution is 2.58. The van der Waals surface area contributed by atoms with Gasteiger partial charge in [-0.25, -0.2) is 0 Å². The van der Waals surface area contributed by atoms with Gasteiger partial charge in [-0.15, -0.1) is 0 Å². The number of halogens is 3. The highest BCUT2D eigenvalue weighted by Gasteiger charge is 2.54. The number of aromatic nitrogens is 1. The maximum Gasteiger partial charge on any atom is 0.242 e. The third-order valence-corrected chi connectivity index (χ3v) is 7.78. The Morgan fingerprint density at radius 2 is 1.83 bits per heavy atom. The number of hydrogen-bond acceptors (Lipinski definition) is 3. The van der Waals surface area contributed by atoms with Gasteiger partial charge in [-0.05, 0) is 49.4 Å². The summed E-state index contributed by atoms with van der Waals surface area (Å²) in [5.74, 6) is 2.64. The number of pyridine rings is 1. The molecule has 4 aliphatic carbocycles. The largest absolute Gasteiger partial charge is 0.295 e. The van der Waals surface area contributed by atoms with Crippen LogP contribution in [0.1, 0.15) is 25.7 Å². The number of carbonyl (C=O) groups is 1. The molecule has 0 aromatic carbocycles. The van der Waals surface area contributed by atoms with Crippen LogP contribution >= 0.6 is 39.1 Å². The number of rotatable bonds is 3. The Hall–Kier alpha value is -0.520. The topological polar surface area (TPSA) is 54.0 Å². The molecule has 0 aliphatic heterocycles. The molecule has 1 aromatic heterocycles. The van der Waals surface area contributed by atoms with E-state index in [-0.39, 0.29) is 11.8 Å². The van der Waals surface area contributed by atoms with Crippen LogP contribution < -0.4 is 10.9 Å². The molecular formula is C16H18BrCl2N3O. The van der Waals surface area contributed by atoms with E-state index in [2.05, 4.69) is 31.8 Å². The molecule has 2 N–H and O–H groups in total. The molecule has 4 saturated carbocycles. The highest BCUT2D eigenvalue weighted by molar-refractivity contribution is 9.09. The molecule has 5 rings (SSSR count). The van der Waals surface area contributed by atoms with Crippen molar-refractivity contribution < 1.29 is 4.79 Å². The smallest absolute Gasteiger partial charge is 0.242 e. The van der Waals surface area contributed by atoms with Gasteiger partial charge in [-0.2, -0.15) is 0 Å². The van der Waals surface area contributed by atoms with Crippen LogP contribution in [-0.4, -0.2) is 15.7 Å². The minimum absolute atomic E-state index is 0.0483. The lowest BCUT2D eigenvalue weighted by atomic mass is 9.51. The van der Waals surface area contributed by atoms with Crippen molar-refractivity contribution >= 4 is 50.7 Å². The predicted molar refractivity (Wildman–Crippen MR) is 94.7 cm³/mol. The molecule has 7 heteroatoms. The number of hydrogen-bond donors (Lipinski definition) is 2. The van der Waals surface area contributed by atoms with Gasteiger partial charge in [0.15, 0.2) is 0 Å². The van der Waals surface area contributed by atoms with Crippen LogP contribution in [0.2, 0.25) is 10.0 Å². The summed E-state index contributed by atoms with van der Waals surface area (Å²) in [6, 6.07) is 0. The number of nitrogens with zero attached hydrogens (tertiary/aromatic N) is 1. The Bertz CT molecular complexity index is 624. The summed E-state index contributed by atoms with van der Waals surface area (Å²) >= 11 is 16.0. The summed E-state index contributed by atoms with van der Waals surface area (Å²) in [7, 11) is 0. The quantitative estimate of drug-likeness (QED) is 0.569. The monoisotopic (exact) mass is 417 g/mol. The summed E-state index contributed by atoms with van der Waals surface area (Å²) in [5, 5.41) is 0.780. The molecule has 0 radical (unpaired) electrons. The van der Waals surface area contributed by atoms with Crippen LogP contribution in [0.4, 0.5) is 5.69 Å². The first-order chi connectivity index (χ1) is 11.0. The number of amides is 1. The second kappa shape index (κ2) is 6.08. The lowest BCUT2D eigenvalue weighted by molar-refractivity contribution is -0.136. The van der Waals surface area contributed by atoms with E-state index >= 15 is 0 Å². The molecule has 6 atom stereocenters. The molecule has 4 bridgehead atoms. The molecule has 124 valence electrons. The Morgan fingerprint density at radius 1 is 1.13 bits per heavy atom. The molecular weight excluding hydrogens is 401 g/mol. The van der Waals surface area contributed by atoms with Gasteiger partial charge in [0, 0.05) is 23.1 Å². The zero-order chi connectivity index (χ0) is 16.1. The first kappa shape index (κ1) is 16.0. The van der Waals surface area contributed by atoms with Crippen molar-refractivity contribution in [2.45, 2.75) is 30.5 Å². The maximum absolute atomic E-state index is 12.8. The van der Waals surface area contributed by atoms with Crippen molar-refractivity contribution in [1.82, 2.24) is 10.4 Å². The van der Waals surface area contributed by atoms with Gasteiger partial charge in [-0.3, -0.25) is 20.6 Å². The van der Waals surface area contributed by atoms with E-state index < -0.39 is 0 Å². The van der Waals surface area contributed by atoms with E-state index in [0.717, 1.165) is 24.7 Å². The first-order valence-corrected chi connectivity index (χ1v) is 9.70. The minimum atomic E-state index is 0.0483. The van der Waals surface area contributed by atoms with Crippen LogP contribution in [0.25, 0.3) is 0 Å². The van der Waals surface area contributed by atoms with Gasteiger partial charge in [-0.1, -0.05) is 39.1 Å². The number of carbonyl (C=O) groups excluding carboxylic acids is 1. The first-order valence-electron chi connectivity index (χ1n) is 8.03. The third-order valence-electron chi connectivity index (χ3n) is 5.78. The molecule has 1 heterocycles. The zero-order valence-corrected chi connectivity index (χ0v) is 15.5. The van der Waals surface area contributed by atoms with Gasteiger partial charge in [0.25, 0.3) is 0 Å². The number of nitrogens with one attached hydrogen (secondary N) is 2. The van der Waals surface area contributed by atoms with Crippen LogP contribution in [0.5, 0.6) is 0 Å². The van der Waals surface area contributed by atoms with Gasteiger partial charge in [0.05, 0.1) is 15.7 Å². The zero-order valence-electron chi connectivity index (χ0n) is 12.4. The van der Waals surface area contributed by atoms with E-state index in [9.17, 15) is 4.79 Å². The summed E-state index contributed by atoms with van der Waals surface area (Å²) in [6.45, 7) is 0. The van der Waals surface area contributed by atoms with E-state index in [1.165, 1.54) is 25.2 Å². The van der Waals surface area contributed by atoms with E-state index in [0.29, 0.717) is 32.4 Å². The Morgan fingerprint density at radius 3 is 2.57 bits per heavy atom. The molecule has 2 unspecified atom stereocenters. The van der Waals surface area contributed by atoms with Crippen LogP contribution in [0.15, 0.2) is 12.4 Å². The van der Waals surface area contributed by atoms with E-state index in [1.54, 1.807) is 0 Å². The number of anilines is 1. The summed E-state index contributed by atoms with van der Waals surface area (Å²) in [5.41, 5.74) is 6.21. The number of hydrazine groups is 1. The van der Waals surface area contributed by atoms with Crippen LogP contribution in [0, 0.1) is 29.6 Å². The van der Waals surface area contributed by atoms with Crippen LogP contribution in [-0.2, 0) is 4.79 Å². The lowest BCUT2D eigenvalue weighted by Crippen LogP contribution is -2.56. The number of alkyl halides is 1. The molecule has 4 aliphatic rings. The summed E-state index contributed by atoms with van der Waals surface area (Å²) < 4.78 is 0. The fourth-order valence-corrected chi connectivity index (χ4v) is 6.42. The Balaban J connectivity index is 1.47. The predicted octanol–water partition coefficient (Wildman–Crippen LogP) is 4.28. The molecule has 23 heavy (non-hydrogen) atoms. The van der Waals surface area contributed by atoms with Crippen molar-refractivity contribution in [3.05, 3.63) is 22.4 Å². The van der Waals surface area contributed by atoms with Crippen molar-refractivity contribution in [2.75, 3.05) is 5.43 Å². The molecule has 0 saturated heterocycles. The molecule has 4 fully saturated rings. The average molecular weight is 419 g/mol. The minimum Gasteiger partial charge on any atom is -0.295 e. The van der Waals surface area contributed by atoms with Crippen LogP contribution in [0.3, 0.4) is 0 Å². The second-order valence-electron chi connectivity index (χ2n) is 7.06. The normalized spacial score (nSPS) is 37.7. The Kier molecular flexibility index (Phi) is 4.23. The molecule has 1 amide bonds. The molecule has 1 aromatic rings. The van der Waals surface area contributed by atoms with Crippen molar-refractivity contribution in [3.63, 3.8) is 0 Å². The second-order valence-corrected chi connectivity index (χ2v) is 8.93. The molecule has 4 nitrogen and oxygen atoms in total. The van der Waals surface area contributed by atoms with Gasteiger partial charge in [0.1, 0.15) is 0 Å². The van der Waals surface area contributed by atoms with Gasteiger partial charge >= 0.3 is 0 Å². The fraction of sp³-hybridized carbons (Fsp3) is 0.625. The van der Waals surface area contributed by atoms with Gasteiger partial charge < -0.3 is 0 Å². The lowest BCUT2D eigenvalue weighted by Gasteiger charge is -2.56. The maximum atomic E-state index is 12.8. The van der Waals surface area contributed by atoms with E-state index in [1.807, 2.05) is 0 Å². The SMILES string of the molecule is O=C(NNc1c(Cl)cncc1Cl)C1[C@H]2C[C@@H]3C[C@H](C2)C(Br)[C@H]1C3. The fourth-order valence-electron chi connectivity index (χ4n) is 4.98. The molecule has 0 spiro atoms. The highest BCUT2D eigenvalue weighted by atomic mass is 79.9. The summed E-state index contributed by atoms with van der Waals surface area (Å²) in [4.78, 5) is 17.2. The standard InChI is InChI=1S/C16H18BrCl2N3O/c17-14-9-2-7-1-8(4-9)13(10(14)3-7)16(23)22-21-15-11(18)5-20-6-12(15)19/h5-10,13-14H,1-4H2,(H,20,21)(H,22,23)/t7-,8+,9-,10+,13?,14?/m1/s1. The van der Waals surface area contributed by atoms with Crippen molar-refractivity contribution in [3.8, 4) is 0 Å².